The van der Waals surface area contributed by atoms with Gasteiger partial charge in [0.25, 0.3) is 0 Å². The van der Waals surface area contributed by atoms with Crippen LogP contribution in [0, 0.1) is 13.8 Å². The van der Waals surface area contributed by atoms with Crippen LogP contribution in [0.1, 0.15) is 30.4 Å². The Morgan fingerprint density at radius 1 is 1.14 bits per heavy atom. The zero-order valence-corrected chi connectivity index (χ0v) is 13.1. The van der Waals surface area contributed by atoms with Crippen LogP contribution in [0.25, 0.3) is 0 Å². The summed E-state index contributed by atoms with van der Waals surface area (Å²) in [7, 11) is 0. The molecule has 0 bridgehead atoms. The number of anilines is 1. The molecule has 2 aliphatic heterocycles. The normalized spacial score (nSPS) is 20.2. The lowest BCUT2D eigenvalue weighted by Gasteiger charge is -2.46. The second-order valence-corrected chi connectivity index (χ2v) is 6.40. The summed E-state index contributed by atoms with van der Waals surface area (Å²) >= 11 is 0. The van der Waals surface area contributed by atoms with Crippen molar-refractivity contribution in [3.05, 3.63) is 29.3 Å². The highest BCUT2D eigenvalue weighted by Crippen LogP contribution is 2.22. The molecule has 4 nitrogen and oxygen atoms in total. The number of hydrogen-bond acceptors (Lipinski definition) is 2. The Hall–Kier alpha value is -1.55. The van der Waals surface area contributed by atoms with E-state index in [2.05, 4.69) is 22.3 Å². The molecule has 0 atom stereocenters. The summed E-state index contributed by atoms with van der Waals surface area (Å²) in [6.07, 6.45) is 3.98. The summed E-state index contributed by atoms with van der Waals surface area (Å²) in [6.45, 7) is 8.23. The van der Waals surface area contributed by atoms with E-state index in [1.807, 2.05) is 24.8 Å². The second-order valence-electron chi connectivity index (χ2n) is 6.40. The molecular weight excluding hydrogens is 262 g/mol. The molecule has 114 valence electrons. The SMILES string of the molecule is Cc1ccc(C)c(NC(=O)N2CC(N3CCCCC3)C2)c1. The second kappa shape index (κ2) is 6.06. The maximum atomic E-state index is 12.3. The van der Waals surface area contributed by atoms with Crippen molar-refractivity contribution in [2.45, 2.75) is 39.2 Å². The molecule has 0 saturated carbocycles. The van der Waals surface area contributed by atoms with Crippen LogP contribution in [0.4, 0.5) is 10.5 Å². The zero-order valence-electron chi connectivity index (χ0n) is 13.1. The van der Waals surface area contributed by atoms with Gasteiger partial charge in [-0.3, -0.25) is 4.90 Å². The number of piperidine rings is 1. The molecule has 2 aliphatic rings. The molecular formula is C17H25N3O. The smallest absolute Gasteiger partial charge is 0.321 e. The highest BCUT2D eigenvalue weighted by Gasteiger charge is 2.35. The lowest BCUT2D eigenvalue weighted by Crippen LogP contribution is -2.62. The van der Waals surface area contributed by atoms with E-state index in [1.54, 1.807) is 0 Å². The average Bonchev–Trinajstić information content (AvgIpc) is 2.42. The molecule has 0 aliphatic carbocycles. The molecule has 2 saturated heterocycles. The Morgan fingerprint density at radius 2 is 1.86 bits per heavy atom. The van der Waals surface area contributed by atoms with E-state index in [1.165, 1.54) is 37.9 Å². The Morgan fingerprint density at radius 3 is 2.57 bits per heavy atom. The number of carbonyl (C=O) groups excluding carboxylic acids is 1. The first-order valence-corrected chi connectivity index (χ1v) is 8.01. The van der Waals surface area contributed by atoms with Crippen LogP contribution in [-0.4, -0.2) is 48.1 Å². The fourth-order valence-electron chi connectivity index (χ4n) is 3.20. The maximum Gasteiger partial charge on any atom is 0.321 e. The zero-order chi connectivity index (χ0) is 14.8. The molecule has 2 heterocycles. The third kappa shape index (κ3) is 3.21. The molecule has 3 rings (SSSR count). The van der Waals surface area contributed by atoms with Gasteiger partial charge in [-0.2, -0.15) is 0 Å². The number of urea groups is 1. The Balaban J connectivity index is 1.52. The molecule has 2 fully saturated rings. The third-order valence-corrected chi connectivity index (χ3v) is 4.69. The van der Waals surface area contributed by atoms with Crippen molar-refractivity contribution in [2.75, 3.05) is 31.5 Å². The largest absolute Gasteiger partial charge is 0.321 e. The first-order chi connectivity index (χ1) is 10.1. The van der Waals surface area contributed by atoms with Gasteiger partial charge in [-0.1, -0.05) is 18.6 Å². The van der Waals surface area contributed by atoms with Crippen LogP contribution < -0.4 is 5.32 Å². The summed E-state index contributed by atoms with van der Waals surface area (Å²) in [6, 6.07) is 6.78. The quantitative estimate of drug-likeness (QED) is 0.907. The van der Waals surface area contributed by atoms with E-state index in [9.17, 15) is 4.79 Å². The molecule has 0 aromatic heterocycles. The van der Waals surface area contributed by atoms with Gasteiger partial charge in [0.1, 0.15) is 0 Å². The molecule has 1 aromatic carbocycles. The first kappa shape index (κ1) is 14.4. The summed E-state index contributed by atoms with van der Waals surface area (Å²) in [5.74, 6) is 0. The van der Waals surface area contributed by atoms with Gasteiger partial charge < -0.3 is 10.2 Å². The minimum Gasteiger partial charge on any atom is -0.321 e. The molecule has 2 amide bonds. The number of aryl methyl sites for hydroxylation is 2. The number of nitrogens with one attached hydrogen (secondary N) is 1. The fraction of sp³-hybridized carbons (Fsp3) is 0.588. The molecule has 21 heavy (non-hydrogen) atoms. The van der Waals surface area contributed by atoms with Crippen molar-refractivity contribution >= 4 is 11.7 Å². The van der Waals surface area contributed by atoms with E-state index >= 15 is 0 Å². The number of hydrogen-bond donors (Lipinski definition) is 1. The number of nitrogens with zero attached hydrogens (tertiary/aromatic N) is 2. The van der Waals surface area contributed by atoms with E-state index in [4.69, 9.17) is 0 Å². The van der Waals surface area contributed by atoms with E-state index in [0.29, 0.717) is 6.04 Å². The Labute approximate surface area is 127 Å². The van der Waals surface area contributed by atoms with E-state index in [0.717, 1.165) is 24.3 Å². The minimum atomic E-state index is 0.0389. The molecule has 1 aromatic rings. The predicted molar refractivity (Wildman–Crippen MR) is 85.7 cm³/mol. The summed E-state index contributed by atoms with van der Waals surface area (Å²) in [4.78, 5) is 16.7. The topological polar surface area (TPSA) is 35.6 Å². The maximum absolute atomic E-state index is 12.3. The average molecular weight is 287 g/mol. The van der Waals surface area contributed by atoms with Gasteiger partial charge in [-0.05, 0) is 57.0 Å². The van der Waals surface area contributed by atoms with Crippen LogP contribution in [0.3, 0.4) is 0 Å². The van der Waals surface area contributed by atoms with Gasteiger partial charge in [0.2, 0.25) is 0 Å². The van der Waals surface area contributed by atoms with Crippen LogP contribution in [0.2, 0.25) is 0 Å². The standard InChI is InChI=1S/C17H25N3O/c1-13-6-7-14(2)16(10-13)18-17(21)20-11-15(12-20)19-8-4-3-5-9-19/h6-7,10,15H,3-5,8-9,11-12H2,1-2H3,(H,18,21). The summed E-state index contributed by atoms with van der Waals surface area (Å²) in [5, 5.41) is 3.04. The van der Waals surface area contributed by atoms with Crippen molar-refractivity contribution < 1.29 is 4.79 Å². The van der Waals surface area contributed by atoms with Crippen molar-refractivity contribution in [1.29, 1.82) is 0 Å². The van der Waals surface area contributed by atoms with Gasteiger partial charge in [0, 0.05) is 24.8 Å². The molecule has 0 radical (unpaired) electrons. The van der Waals surface area contributed by atoms with Crippen LogP contribution >= 0.6 is 0 Å². The van der Waals surface area contributed by atoms with Gasteiger partial charge in [0.05, 0.1) is 0 Å². The summed E-state index contributed by atoms with van der Waals surface area (Å²) in [5.41, 5.74) is 3.22. The van der Waals surface area contributed by atoms with Gasteiger partial charge in [0.15, 0.2) is 0 Å². The van der Waals surface area contributed by atoms with Crippen molar-refractivity contribution in [3.8, 4) is 0 Å². The highest BCUT2D eigenvalue weighted by atomic mass is 16.2. The lowest BCUT2D eigenvalue weighted by molar-refractivity contribution is 0.0493. The monoisotopic (exact) mass is 287 g/mol. The van der Waals surface area contributed by atoms with Crippen LogP contribution in [0.5, 0.6) is 0 Å². The Kier molecular flexibility index (Phi) is 4.15. The van der Waals surface area contributed by atoms with Crippen molar-refractivity contribution in [3.63, 3.8) is 0 Å². The minimum absolute atomic E-state index is 0.0389. The first-order valence-electron chi connectivity index (χ1n) is 8.01. The van der Waals surface area contributed by atoms with Crippen molar-refractivity contribution in [1.82, 2.24) is 9.80 Å². The Bertz CT molecular complexity index is 517. The van der Waals surface area contributed by atoms with Crippen LogP contribution in [-0.2, 0) is 0 Å². The van der Waals surface area contributed by atoms with E-state index < -0.39 is 0 Å². The number of likely N-dealkylation sites (tertiary alicyclic amines) is 2. The molecule has 4 heteroatoms. The predicted octanol–water partition coefficient (Wildman–Crippen LogP) is 3.01. The molecule has 1 N–H and O–H groups in total. The summed E-state index contributed by atoms with van der Waals surface area (Å²) < 4.78 is 0. The van der Waals surface area contributed by atoms with E-state index in [-0.39, 0.29) is 6.03 Å². The lowest BCUT2D eigenvalue weighted by atomic mass is 10.0. The molecule has 0 spiro atoms. The van der Waals surface area contributed by atoms with Gasteiger partial charge in [-0.15, -0.1) is 0 Å². The third-order valence-electron chi connectivity index (χ3n) is 4.69. The van der Waals surface area contributed by atoms with Gasteiger partial charge >= 0.3 is 6.03 Å². The number of rotatable bonds is 2. The molecule has 0 unspecified atom stereocenters. The van der Waals surface area contributed by atoms with Crippen LogP contribution in [0.15, 0.2) is 18.2 Å². The highest BCUT2D eigenvalue weighted by molar-refractivity contribution is 5.90. The number of benzene rings is 1. The number of carbonyl (C=O) groups is 1. The van der Waals surface area contributed by atoms with Crippen molar-refractivity contribution in [2.24, 2.45) is 0 Å². The fourth-order valence-corrected chi connectivity index (χ4v) is 3.20. The number of amides is 2. The van der Waals surface area contributed by atoms with Gasteiger partial charge in [-0.25, -0.2) is 4.79 Å².